The number of pyridine rings is 1. The summed E-state index contributed by atoms with van der Waals surface area (Å²) in [7, 11) is 0. The van der Waals surface area contributed by atoms with Crippen LogP contribution in [0.3, 0.4) is 0 Å². The van der Waals surface area contributed by atoms with Gasteiger partial charge in [0.15, 0.2) is 5.65 Å². The largest absolute Gasteiger partial charge is 0.395 e. The number of nitrogens with zero attached hydrogens (tertiary/aromatic N) is 5. The van der Waals surface area contributed by atoms with Crippen molar-refractivity contribution in [3.63, 3.8) is 0 Å². The van der Waals surface area contributed by atoms with Crippen molar-refractivity contribution in [2.24, 2.45) is 0 Å². The molecule has 3 heterocycles. The van der Waals surface area contributed by atoms with Gasteiger partial charge in [-0.15, -0.1) is 0 Å². The van der Waals surface area contributed by atoms with Crippen molar-refractivity contribution >= 4 is 22.5 Å². The molecule has 0 bridgehead atoms. The van der Waals surface area contributed by atoms with Crippen LogP contribution in [0.4, 0.5) is 5.82 Å². The molecule has 1 aromatic carbocycles. The van der Waals surface area contributed by atoms with Gasteiger partial charge in [-0.05, 0) is 38.0 Å². The molecule has 0 atom stereocenters. The Morgan fingerprint density at radius 1 is 1.24 bits per heavy atom. The quantitative estimate of drug-likeness (QED) is 0.680. The SMILES string of the molecule is C=C(C)Cc1c(C)c(C#N)c2nc3ccccc3n2c1N1CCN(CCO)CC1. The zero-order chi connectivity index (χ0) is 20.5. The van der Waals surface area contributed by atoms with E-state index in [0.717, 1.165) is 71.8 Å². The summed E-state index contributed by atoms with van der Waals surface area (Å²) in [6.07, 6.45) is 0.731. The molecule has 0 amide bonds. The first-order valence-electron chi connectivity index (χ1n) is 10.1. The molecular formula is C23H27N5O. The number of fused-ring (bicyclic) bond motifs is 3. The molecule has 0 radical (unpaired) electrons. The molecule has 0 aliphatic carbocycles. The van der Waals surface area contributed by atoms with E-state index in [1.807, 2.05) is 32.0 Å². The molecule has 6 nitrogen and oxygen atoms in total. The van der Waals surface area contributed by atoms with E-state index in [1.54, 1.807) is 0 Å². The first-order chi connectivity index (χ1) is 14.0. The number of para-hydroxylation sites is 2. The maximum Gasteiger partial charge on any atom is 0.157 e. The van der Waals surface area contributed by atoms with Gasteiger partial charge in [-0.25, -0.2) is 4.98 Å². The van der Waals surface area contributed by atoms with Gasteiger partial charge in [0.2, 0.25) is 0 Å². The van der Waals surface area contributed by atoms with Gasteiger partial charge in [-0.1, -0.05) is 24.3 Å². The Kier molecular flexibility index (Phi) is 5.27. The van der Waals surface area contributed by atoms with Crippen LogP contribution in [0.1, 0.15) is 23.6 Å². The fraction of sp³-hybridized carbons (Fsp3) is 0.391. The molecule has 1 saturated heterocycles. The number of allylic oxidation sites excluding steroid dienone is 1. The van der Waals surface area contributed by atoms with Gasteiger partial charge < -0.3 is 10.0 Å². The van der Waals surface area contributed by atoms with Gasteiger partial charge in [-0.2, -0.15) is 5.26 Å². The smallest absolute Gasteiger partial charge is 0.157 e. The van der Waals surface area contributed by atoms with E-state index >= 15 is 0 Å². The van der Waals surface area contributed by atoms with Crippen molar-refractivity contribution in [2.75, 3.05) is 44.2 Å². The summed E-state index contributed by atoms with van der Waals surface area (Å²) in [5.41, 5.74) is 6.50. The average molecular weight is 390 g/mol. The first kappa shape index (κ1) is 19.4. The Bertz CT molecular complexity index is 1120. The van der Waals surface area contributed by atoms with Crippen LogP contribution in [-0.2, 0) is 6.42 Å². The van der Waals surface area contributed by atoms with Crippen LogP contribution in [-0.4, -0.2) is 58.7 Å². The Labute approximate surface area is 171 Å². The number of hydrogen-bond donors (Lipinski definition) is 1. The van der Waals surface area contributed by atoms with E-state index < -0.39 is 0 Å². The molecule has 0 spiro atoms. The third-order valence-corrected chi connectivity index (χ3v) is 5.77. The molecule has 0 saturated carbocycles. The fourth-order valence-corrected chi connectivity index (χ4v) is 4.33. The maximum absolute atomic E-state index is 9.93. The summed E-state index contributed by atoms with van der Waals surface area (Å²) in [4.78, 5) is 9.51. The summed E-state index contributed by atoms with van der Waals surface area (Å²) >= 11 is 0. The highest BCUT2D eigenvalue weighted by Gasteiger charge is 2.26. The molecule has 4 rings (SSSR count). The van der Waals surface area contributed by atoms with Crippen molar-refractivity contribution in [1.29, 1.82) is 5.26 Å². The Morgan fingerprint density at radius 2 is 1.97 bits per heavy atom. The molecule has 29 heavy (non-hydrogen) atoms. The number of aliphatic hydroxyl groups excluding tert-OH is 1. The molecule has 2 aromatic heterocycles. The molecule has 6 heteroatoms. The van der Waals surface area contributed by atoms with Gasteiger partial charge >= 0.3 is 0 Å². The summed E-state index contributed by atoms with van der Waals surface area (Å²) in [5.74, 6) is 1.12. The number of benzene rings is 1. The van der Waals surface area contributed by atoms with E-state index in [-0.39, 0.29) is 6.61 Å². The molecule has 1 aliphatic heterocycles. The van der Waals surface area contributed by atoms with E-state index in [9.17, 15) is 10.4 Å². The lowest BCUT2D eigenvalue weighted by Crippen LogP contribution is -2.48. The fourth-order valence-electron chi connectivity index (χ4n) is 4.33. The van der Waals surface area contributed by atoms with Gasteiger partial charge in [0.05, 0.1) is 23.2 Å². The molecular weight excluding hydrogens is 362 g/mol. The standard InChI is InChI=1S/C23H27N5O/c1-16(2)14-18-17(3)19(15-24)22-25-20-6-4-5-7-21(20)28(22)23(18)27-10-8-26(9-11-27)12-13-29/h4-7,29H,1,8-14H2,2-3H3. The number of anilines is 1. The molecule has 1 aliphatic rings. The number of aliphatic hydroxyl groups is 1. The molecule has 3 aromatic rings. The van der Waals surface area contributed by atoms with Crippen molar-refractivity contribution < 1.29 is 5.11 Å². The Balaban J connectivity index is 1.97. The second kappa shape index (κ2) is 7.86. The number of aromatic nitrogens is 2. The number of β-amino-alcohol motifs (C(OH)–C–C–N with tert-alkyl or cyclic N) is 1. The highest BCUT2D eigenvalue weighted by molar-refractivity contribution is 5.86. The van der Waals surface area contributed by atoms with Crippen LogP contribution in [0, 0.1) is 18.3 Å². The van der Waals surface area contributed by atoms with Crippen LogP contribution in [0.25, 0.3) is 16.7 Å². The molecule has 150 valence electrons. The Hall–Kier alpha value is -2.88. The van der Waals surface area contributed by atoms with Crippen LogP contribution < -0.4 is 4.90 Å². The second-order valence-corrected chi connectivity index (χ2v) is 7.86. The highest BCUT2D eigenvalue weighted by atomic mass is 16.3. The van der Waals surface area contributed by atoms with Crippen LogP contribution in [0.5, 0.6) is 0 Å². The van der Waals surface area contributed by atoms with E-state index in [1.165, 1.54) is 0 Å². The van der Waals surface area contributed by atoms with Gasteiger partial charge in [-0.3, -0.25) is 9.30 Å². The lowest BCUT2D eigenvalue weighted by Gasteiger charge is -2.37. The number of piperazine rings is 1. The lowest BCUT2D eigenvalue weighted by atomic mass is 9.98. The van der Waals surface area contributed by atoms with E-state index in [4.69, 9.17) is 4.98 Å². The minimum Gasteiger partial charge on any atom is -0.395 e. The van der Waals surface area contributed by atoms with Crippen molar-refractivity contribution in [2.45, 2.75) is 20.3 Å². The predicted molar refractivity (Wildman–Crippen MR) is 116 cm³/mol. The van der Waals surface area contributed by atoms with Crippen molar-refractivity contribution in [1.82, 2.24) is 14.3 Å². The van der Waals surface area contributed by atoms with Crippen LogP contribution in [0.2, 0.25) is 0 Å². The normalized spacial score (nSPS) is 15.2. The van der Waals surface area contributed by atoms with Gasteiger partial charge in [0.1, 0.15) is 11.9 Å². The third kappa shape index (κ3) is 3.37. The molecule has 0 unspecified atom stereocenters. The maximum atomic E-state index is 9.93. The molecule has 1 fully saturated rings. The zero-order valence-electron chi connectivity index (χ0n) is 17.1. The van der Waals surface area contributed by atoms with Crippen LogP contribution in [0.15, 0.2) is 36.4 Å². The van der Waals surface area contributed by atoms with Gasteiger partial charge in [0.25, 0.3) is 0 Å². The zero-order valence-corrected chi connectivity index (χ0v) is 17.1. The second-order valence-electron chi connectivity index (χ2n) is 7.86. The monoisotopic (exact) mass is 389 g/mol. The minimum absolute atomic E-state index is 0.188. The minimum atomic E-state index is 0.188. The van der Waals surface area contributed by atoms with Crippen molar-refractivity contribution in [3.8, 4) is 6.07 Å². The van der Waals surface area contributed by atoms with E-state index in [2.05, 4.69) is 32.9 Å². The summed E-state index contributed by atoms with van der Waals surface area (Å²) in [6.45, 7) is 12.6. The van der Waals surface area contributed by atoms with Crippen molar-refractivity contribution in [3.05, 3.63) is 53.1 Å². The number of nitriles is 1. The summed E-state index contributed by atoms with van der Waals surface area (Å²) < 4.78 is 2.17. The average Bonchev–Trinajstić information content (AvgIpc) is 3.08. The lowest BCUT2D eigenvalue weighted by molar-refractivity contribution is 0.188. The van der Waals surface area contributed by atoms with Crippen LogP contribution >= 0.6 is 0 Å². The first-order valence-corrected chi connectivity index (χ1v) is 10.1. The van der Waals surface area contributed by atoms with Gasteiger partial charge in [0, 0.05) is 38.3 Å². The third-order valence-electron chi connectivity index (χ3n) is 5.77. The Morgan fingerprint density at radius 3 is 2.62 bits per heavy atom. The summed E-state index contributed by atoms with van der Waals surface area (Å²) in [6, 6.07) is 10.5. The topological polar surface area (TPSA) is 67.8 Å². The number of hydrogen-bond acceptors (Lipinski definition) is 5. The predicted octanol–water partition coefficient (Wildman–Crippen LogP) is 2.90. The molecule has 1 N–H and O–H groups in total. The van der Waals surface area contributed by atoms with E-state index in [0.29, 0.717) is 12.1 Å². The summed E-state index contributed by atoms with van der Waals surface area (Å²) in [5, 5.41) is 19.2. The number of imidazole rings is 1. The number of rotatable bonds is 5. The highest BCUT2D eigenvalue weighted by Crippen LogP contribution is 2.34.